The van der Waals surface area contributed by atoms with Gasteiger partial charge in [0.25, 0.3) is 0 Å². The molecule has 1 saturated carbocycles. The molecule has 39 heavy (non-hydrogen) atoms. The van der Waals surface area contributed by atoms with Gasteiger partial charge in [-0.1, -0.05) is 12.1 Å². The molecule has 8 N–H and O–H groups in total. The van der Waals surface area contributed by atoms with Crippen LogP contribution < -0.4 is 5.32 Å². The number of esters is 1. The number of nitrogens with one attached hydrogen (secondary N) is 1. The first-order chi connectivity index (χ1) is 18.5. The zero-order valence-electron chi connectivity index (χ0n) is 21.4. The summed E-state index contributed by atoms with van der Waals surface area (Å²) in [6.45, 7) is 0. The number of aliphatic hydroxyl groups is 2. The van der Waals surface area contributed by atoms with Gasteiger partial charge in [0.15, 0.2) is 23.0 Å². The van der Waals surface area contributed by atoms with Crippen molar-refractivity contribution in [3.05, 3.63) is 59.7 Å². The monoisotopic (exact) mass is 547 g/mol. The minimum atomic E-state index is -1.06. The minimum absolute atomic E-state index is 0.176. The fourth-order valence-electron chi connectivity index (χ4n) is 3.58. The van der Waals surface area contributed by atoms with Gasteiger partial charge in [0, 0.05) is 38.6 Å². The van der Waals surface area contributed by atoms with Gasteiger partial charge in [0.05, 0.1) is 6.10 Å². The van der Waals surface area contributed by atoms with E-state index in [1.807, 2.05) is 0 Å². The van der Waals surface area contributed by atoms with Crippen molar-refractivity contribution >= 4 is 30.0 Å². The third kappa shape index (κ3) is 11.6. The Kier molecular flexibility index (Phi) is 13.6. The second-order valence-corrected chi connectivity index (χ2v) is 8.23. The van der Waals surface area contributed by atoms with Gasteiger partial charge in [-0.15, -0.1) is 0 Å². The highest BCUT2D eigenvalue weighted by Crippen LogP contribution is 2.28. The lowest BCUT2D eigenvalue weighted by Gasteiger charge is -2.30. The quantitative estimate of drug-likeness (QED) is 0.148. The summed E-state index contributed by atoms with van der Waals surface area (Å²) in [7, 11) is 2.53. The van der Waals surface area contributed by atoms with Crippen molar-refractivity contribution in [2.24, 2.45) is 5.92 Å². The molecule has 0 aromatic heterocycles. The van der Waals surface area contributed by atoms with Crippen LogP contribution in [0.15, 0.2) is 48.6 Å². The SMILES string of the molecule is CNC(=O)C1CC(O)CC(OC(=O)/C=C/c2ccc(O)c(O)c2)C1.CO.O=C(O)/C=C/c1ccc(O)c(O)c1. The Balaban J connectivity index is 0.000000428. The molecular formula is C27H33NO11. The molecule has 0 saturated heterocycles. The number of hydrogen-bond donors (Lipinski definition) is 8. The predicted octanol–water partition coefficient (Wildman–Crippen LogP) is 1.73. The summed E-state index contributed by atoms with van der Waals surface area (Å²) < 4.78 is 5.28. The van der Waals surface area contributed by atoms with Gasteiger partial charge in [-0.2, -0.15) is 0 Å². The molecule has 1 amide bonds. The maximum Gasteiger partial charge on any atom is 0.331 e. The van der Waals surface area contributed by atoms with E-state index in [2.05, 4.69) is 5.32 Å². The molecule has 1 aliphatic carbocycles. The smallest absolute Gasteiger partial charge is 0.331 e. The number of hydrogen-bond acceptors (Lipinski definition) is 10. The number of carboxylic acids is 1. The number of phenolic OH excluding ortho intramolecular Hbond substituents is 4. The number of ether oxygens (including phenoxy) is 1. The molecule has 0 radical (unpaired) electrons. The van der Waals surface area contributed by atoms with Gasteiger partial charge in [-0.25, -0.2) is 9.59 Å². The van der Waals surface area contributed by atoms with Gasteiger partial charge < -0.3 is 45.8 Å². The van der Waals surface area contributed by atoms with Crippen molar-refractivity contribution in [3.8, 4) is 23.0 Å². The van der Waals surface area contributed by atoms with Crippen molar-refractivity contribution in [2.45, 2.75) is 31.5 Å². The molecule has 2 aromatic carbocycles. The van der Waals surface area contributed by atoms with Crippen LogP contribution >= 0.6 is 0 Å². The summed E-state index contributed by atoms with van der Waals surface area (Å²) >= 11 is 0. The molecule has 2 aromatic rings. The van der Waals surface area contributed by atoms with Crippen LogP contribution in [-0.2, 0) is 19.1 Å². The number of aliphatic hydroxyl groups excluding tert-OH is 2. The Labute approximate surface area is 224 Å². The molecule has 12 nitrogen and oxygen atoms in total. The van der Waals surface area contributed by atoms with Crippen LogP contribution in [0, 0.1) is 5.92 Å². The van der Waals surface area contributed by atoms with Crippen molar-refractivity contribution in [1.29, 1.82) is 0 Å². The molecule has 3 unspecified atom stereocenters. The van der Waals surface area contributed by atoms with E-state index in [0.29, 0.717) is 30.4 Å². The number of aliphatic carboxylic acids is 1. The molecule has 0 heterocycles. The van der Waals surface area contributed by atoms with E-state index in [1.54, 1.807) is 0 Å². The first-order valence-electron chi connectivity index (χ1n) is 11.7. The number of phenols is 4. The third-order valence-electron chi connectivity index (χ3n) is 5.37. The number of aromatic hydroxyl groups is 4. The number of rotatable bonds is 6. The zero-order chi connectivity index (χ0) is 29.5. The van der Waals surface area contributed by atoms with E-state index in [1.165, 1.54) is 61.7 Å². The molecule has 212 valence electrons. The molecule has 1 aliphatic rings. The second-order valence-electron chi connectivity index (χ2n) is 8.23. The second kappa shape index (κ2) is 16.3. The van der Waals surface area contributed by atoms with Gasteiger partial charge >= 0.3 is 11.9 Å². The highest BCUT2D eigenvalue weighted by molar-refractivity contribution is 5.87. The van der Waals surface area contributed by atoms with E-state index in [9.17, 15) is 29.7 Å². The summed E-state index contributed by atoms with van der Waals surface area (Å²) in [6.07, 6.45) is 4.73. The summed E-state index contributed by atoms with van der Waals surface area (Å²) in [4.78, 5) is 33.7. The highest BCUT2D eigenvalue weighted by Gasteiger charge is 2.33. The Bertz CT molecular complexity index is 1180. The first kappa shape index (κ1) is 32.5. The van der Waals surface area contributed by atoms with Crippen LogP contribution in [0.25, 0.3) is 12.2 Å². The van der Waals surface area contributed by atoms with E-state index in [-0.39, 0.29) is 34.8 Å². The van der Waals surface area contributed by atoms with Crippen LogP contribution in [0.3, 0.4) is 0 Å². The number of benzene rings is 2. The molecule has 12 heteroatoms. The van der Waals surface area contributed by atoms with Crippen LogP contribution in [0.1, 0.15) is 30.4 Å². The fraction of sp³-hybridized carbons (Fsp3) is 0.296. The Morgan fingerprint density at radius 1 is 0.821 bits per heavy atom. The lowest BCUT2D eigenvalue weighted by molar-refractivity contribution is -0.149. The van der Waals surface area contributed by atoms with Gasteiger partial charge in [0.1, 0.15) is 6.10 Å². The van der Waals surface area contributed by atoms with Crippen molar-refractivity contribution < 1.29 is 54.9 Å². The lowest BCUT2D eigenvalue weighted by atomic mass is 9.84. The molecule has 3 atom stereocenters. The standard InChI is InChI=1S/C17H21NO6.C9H8O4.CH4O/c1-18-17(23)11-7-12(19)9-13(8-11)24-16(22)5-3-10-2-4-14(20)15(21)6-10;10-7-3-1-6(5-8(7)11)2-4-9(12)13;1-2/h2-6,11-13,19-21H,7-9H2,1H3,(H,18,23);1-5,10-11H,(H,12,13);2H,1H3/b5-3+;4-2+;. The summed E-state index contributed by atoms with van der Waals surface area (Å²) in [6, 6.07) is 8.21. The van der Waals surface area contributed by atoms with Crippen molar-refractivity contribution in [3.63, 3.8) is 0 Å². The van der Waals surface area contributed by atoms with Crippen LogP contribution in [0.2, 0.25) is 0 Å². The van der Waals surface area contributed by atoms with Gasteiger partial charge in [-0.3, -0.25) is 4.79 Å². The lowest BCUT2D eigenvalue weighted by Crippen LogP contribution is -2.39. The van der Waals surface area contributed by atoms with E-state index < -0.39 is 24.1 Å². The summed E-state index contributed by atoms with van der Waals surface area (Å²) in [5.41, 5.74) is 1.03. The molecule has 0 aliphatic heterocycles. The van der Waals surface area contributed by atoms with Crippen molar-refractivity contribution in [2.75, 3.05) is 14.2 Å². The minimum Gasteiger partial charge on any atom is -0.504 e. The first-order valence-corrected chi connectivity index (χ1v) is 11.7. The highest BCUT2D eigenvalue weighted by atomic mass is 16.5. The maximum absolute atomic E-state index is 11.9. The molecule has 1 fully saturated rings. The van der Waals surface area contributed by atoms with Crippen LogP contribution in [0.5, 0.6) is 23.0 Å². The maximum atomic E-state index is 11.9. The predicted molar refractivity (Wildman–Crippen MR) is 141 cm³/mol. The van der Waals surface area contributed by atoms with E-state index in [0.717, 1.165) is 13.2 Å². The number of carboxylic acid groups (broad SMARTS) is 1. The Morgan fingerprint density at radius 2 is 1.33 bits per heavy atom. The van der Waals surface area contributed by atoms with Crippen molar-refractivity contribution in [1.82, 2.24) is 5.32 Å². The van der Waals surface area contributed by atoms with Crippen LogP contribution in [-0.4, -0.2) is 80.0 Å². The van der Waals surface area contributed by atoms with Crippen LogP contribution in [0.4, 0.5) is 0 Å². The number of carbonyl (C=O) groups is 3. The zero-order valence-corrected chi connectivity index (χ0v) is 21.4. The van der Waals surface area contributed by atoms with Gasteiger partial charge in [-0.05, 0) is 60.4 Å². The summed E-state index contributed by atoms with van der Waals surface area (Å²) in [5.74, 6) is -3.25. The molecular weight excluding hydrogens is 514 g/mol. The van der Waals surface area contributed by atoms with Gasteiger partial charge in [0.2, 0.25) is 5.91 Å². The molecule has 0 bridgehead atoms. The van der Waals surface area contributed by atoms with E-state index in [4.69, 9.17) is 25.2 Å². The normalized spacial score (nSPS) is 18.3. The summed E-state index contributed by atoms with van der Waals surface area (Å²) in [5, 5.41) is 64.3. The fourth-order valence-corrected chi connectivity index (χ4v) is 3.58. The topological polar surface area (TPSA) is 214 Å². The van der Waals surface area contributed by atoms with E-state index >= 15 is 0 Å². The molecule has 0 spiro atoms. The number of carbonyl (C=O) groups excluding carboxylic acids is 2. The molecule has 3 rings (SSSR count). The Hall–Kier alpha value is -4.55. The third-order valence-corrected chi connectivity index (χ3v) is 5.37. The Morgan fingerprint density at radius 3 is 1.79 bits per heavy atom. The average molecular weight is 548 g/mol. The number of amides is 1. The average Bonchev–Trinajstić information content (AvgIpc) is 2.90. The largest absolute Gasteiger partial charge is 0.504 e.